The van der Waals surface area contributed by atoms with E-state index in [4.69, 9.17) is 0 Å². The van der Waals surface area contributed by atoms with Gasteiger partial charge in [-0.1, -0.05) is 34.1 Å². The molecule has 0 spiro atoms. The number of hydrogen-bond donors (Lipinski definition) is 1. The molecule has 3 aromatic carbocycles. The molecule has 4 rings (SSSR count). The zero-order valence-electron chi connectivity index (χ0n) is 16.1. The van der Waals surface area contributed by atoms with Gasteiger partial charge in [0.1, 0.15) is 11.2 Å². The first-order valence-electron chi connectivity index (χ1n) is 9.29. The van der Waals surface area contributed by atoms with Crippen LogP contribution >= 0.6 is 27.7 Å². The van der Waals surface area contributed by atoms with Crippen LogP contribution in [-0.4, -0.2) is 17.6 Å². The van der Waals surface area contributed by atoms with Crippen molar-refractivity contribution < 1.29 is 14.0 Å². The van der Waals surface area contributed by atoms with Crippen LogP contribution in [0, 0.1) is 12.7 Å². The quantitative estimate of drug-likeness (QED) is 0.499. The van der Waals surface area contributed by atoms with Crippen LogP contribution in [0.4, 0.5) is 15.8 Å². The number of hydrogen-bond acceptors (Lipinski definition) is 3. The summed E-state index contributed by atoms with van der Waals surface area (Å²) in [6, 6.07) is 19.3. The molecule has 152 valence electrons. The summed E-state index contributed by atoms with van der Waals surface area (Å²) in [6.45, 7) is 1.68. The van der Waals surface area contributed by atoms with Gasteiger partial charge in [0.25, 0.3) is 5.91 Å². The van der Waals surface area contributed by atoms with E-state index in [0.29, 0.717) is 28.3 Å². The standard InChI is InChI=1S/C23H18BrFN2O2S/c1-14-19(25)3-2-4-20(14)27-21(28)13-30-23(27)16-7-11-18(12-8-16)26-22(29)15-5-9-17(24)10-6-15/h2-12,23H,13H2,1H3,(H,26,29). The molecule has 0 bridgehead atoms. The van der Waals surface area contributed by atoms with Crippen molar-refractivity contribution in [2.45, 2.75) is 12.3 Å². The van der Waals surface area contributed by atoms with Gasteiger partial charge in [-0.25, -0.2) is 4.39 Å². The summed E-state index contributed by atoms with van der Waals surface area (Å²) in [4.78, 5) is 26.6. The Balaban J connectivity index is 1.54. The van der Waals surface area contributed by atoms with Gasteiger partial charge in [-0.05, 0) is 61.0 Å². The van der Waals surface area contributed by atoms with Crippen molar-refractivity contribution in [1.82, 2.24) is 0 Å². The Morgan fingerprint density at radius 1 is 1.10 bits per heavy atom. The van der Waals surface area contributed by atoms with Gasteiger partial charge in [-0.3, -0.25) is 14.5 Å². The van der Waals surface area contributed by atoms with Crippen LogP contribution in [0.3, 0.4) is 0 Å². The van der Waals surface area contributed by atoms with Gasteiger partial charge >= 0.3 is 0 Å². The molecular formula is C23H18BrFN2O2S. The molecule has 1 saturated heterocycles. The van der Waals surface area contributed by atoms with Gasteiger partial charge in [0, 0.05) is 21.3 Å². The third-order valence-corrected chi connectivity index (χ3v) is 6.67. The number of nitrogens with zero attached hydrogens (tertiary/aromatic N) is 1. The molecule has 1 atom stereocenters. The van der Waals surface area contributed by atoms with Gasteiger partial charge in [-0.2, -0.15) is 0 Å². The first kappa shape index (κ1) is 20.6. The molecule has 0 aliphatic carbocycles. The number of rotatable bonds is 4. The van der Waals surface area contributed by atoms with E-state index >= 15 is 0 Å². The van der Waals surface area contributed by atoms with Gasteiger partial charge in [0.05, 0.1) is 11.4 Å². The smallest absolute Gasteiger partial charge is 0.255 e. The Morgan fingerprint density at radius 3 is 2.50 bits per heavy atom. The number of benzene rings is 3. The highest BCUT2D eigenvalue weighted by atomic mass is 79.9. The van der Waals surface area contributed by atoms with Gasteiger partial charge in [0.15, 0.2) is 0 Å². The molecule has 2 amide bonds. The molecule has 30 heavy (non-hydrogen) atoms. The first-order chi connectivity index (χ1) is 14.4. The van der Waals surface area contributed by atoms with E-state index in [1.54, 1.807) is 36.1 Å². The lowest BCUT2D eigenvalue weighted by molar-refractivity contribution is -0.115. The molecule has 1 unspecified atom stereocenters. The predicted octanol–water partition coefficient (Wildman–Crippen LogP) is 5.93. The van der Waals surface area contributed by atoms with Crippen molar-refractivity contribution in [3.05, 3.63) is 93.7 Å². The molecule has 1 aliphatic heterocycles. The van der Waals surface area contributed by atoms with Crippen molar-refractivity contribution in [3.8, 4) is 0 Å². The largest absolute Gasteiger partial charge is 0.322 e. The van der Waals surface area contributed by atoms with Crippen LogP contribution in [0.1, 0.15) is 26.9 Å². The van der Waals surface area contributed by atoms with Crippen molar-refractivity contribution in [2.75, 3.05) is 16.0 Å². The molecule has 1 fully saturated rings. The lowest BCUT2D eigenvalue weighted by Gasteiger charge is -2.26. The number of nitrogens with one attached hydrogen (secondary N) is 1. The Kier molecular flexibility index (Phi) is 5.92. The summed E-state index contributed by atoms with van der Waals surface area (Å²) in [5.41, 5.74) is 3.18. The number of thioether (sulfide) groups is 1. The molecule has 0 saturated carbocycles. The lowest BCUT2D eigenvalue weighted by atomic mass is 10.1. The minimum atomic E-state index is -0.332. The van der Waals surface area contributed by atoms with Crippen molar-refractivity contribution in [2.24, 2.45) is 0 Å². The monoisotopic (exact) mass is 484 g/mol. The number of amides is 2. The van der Waals surface area contributed by atoms with Crippen LogP contribution in [0.25, 0.3) is 0 Å². The van der Waals surface area contributed by atoms with E-state index < -0.39 is 0 Å². The molecule has 3 aromatic rings. The van der Waals surface area contributed by atoms with Gasteiger partial charge < -0.3 is 5.32 Å². The fourth-order valence-electron chi connectivity index (χ4n) is 3.32. The minimum absolute atomic E-state index is 0.0497. The molecule has 0 aromatic heterocycles. The third-order valence-electron chi connectivity index (χ3n) is 4.93. The number of anilines is 2. The molecule has 7 heteroatoms. The fraction of sp³-hybridized carbons (Fsp3) is 0.130. The maximum absolute atomic E-state index is 14.0. The van der Waals surface area contributed by atoms with E-state index in [1.165, 1.54) is 17.8 Å². The maximum atomic E-state index is 14.0. The second-order valence-electron chi connectivity index (χ2n) is 6.89. The van der Waals surface area contributed by atoms with E-state index in [1.807, 2.05) is 36.4 Å². The molecule has 1 N–H and O–H groups in total. The van der Waals surface area contributed by atoms with E-state index in [9.17, 15) is 14.0 Å². The van der Waals surface area contributed by atoms with Crippen LogP contribution < -0.4 is 10.2 Å². The summed E-state index contributed by atoms with van der Waals surface area (Å²) in [6.07, 6.45) is 0. The Morgan fingerprint density at radius 2 is 1.80 bits per heavy atom. The summed E-state index contributed by atoms with van der Waals surface area (Å²) in [7, 11) is 0. The van der Waals surface area contributed by atoms with E-state index in [-0.39, 0.29) is 23.0 Å². The molecule has 4 nitrogen and oxygen atoms in total. The summed E-state index contributed by atoms with van der Waals surface area (Å²) >= 11 is 4.85. The zero-order valence-corrected chi connectivity index (χ0v) is 18.5. The highest BCUT2D eigenvalue weighted by molar-refractivity contribution is 9.10. The molecule has 1 heterocycles. The predicted molar refractivity (Wildman–Crippen MR) is 122 cm³/mol. The van der Waals surface area contributed by atoms with E-state index in [0.717, 1.165) is 10.0 Å². The number of carbonyl (C=O) groups is 2. The summed E-state index contributed by atoms with van der Waals surface area (Å²) in [5, 5.41) is 2.63. The second kappa shape index (κ2) is 8.62. The topological polar surface area (TPSA) is 49.4 Å². The highest BCUT2D eigenvalue weighted by Crippen LogP contribution is 2.43. The number of carbonyl (C=O) groups excluding carboxylic acids is 2. The first-order valence-corrected chi connectivity index (χ1v) is 11.1. The van der Waals surface area contributed by atoms with Gasteiger partial charge in [0.2, 0.25) is 5.91 Å². The SMILES string of the molecule is Cc1c(F)cccc1N1C(=O)CSC1c1ccc(NC(=O)c2ccc(Br)cc2)cc1. The van der Waals surface area contributed by atoms with Crippen LogP contribution in [0.2, 0.25) is 0 Å². The average Bonchev–Trinajstić information content (AvgIpc) is 3.12. The van der Waals surface area contributed by atoms with Crippen LogP contribution in [-0.2, 0) is 4.79 Å². The maximum Gasteiger partial charge on any atom is 0.255 e. The minimum Gasteiger partial charge on any atom is -0.322 e. The van der Waals surface area contributed by atoms with Gasteiger partial charge in [-0.15, -0.1) is 11.8 Å². The number of halogens is 2. The van der Waals surface area contributed by atoms with Crippen molar-refractivity contribution >= 4 is 50.9 Å². The molecule has 1 aliphatic rings. The van der Waals surface area contributed by atoms with Crippen LogP contribution in [0.5, 0.6) is 0 Å². The fourth-order valence-corrected chi connectivity index (χ4v) is 4.76. The zero-order chi connectivity index (χ0) is 21.3. The van der Waals surface area contributed by atoms with Crippen molar-refractivity contribution in [1.29, 1.82) is 0 Å². The molecule has 0 radical (unpaired) electrons. The van der Waals surface area contributed by atoms with E-state index in [2.05, 4.69) is 21.2 Å². The van der Waals surface area contributed by atoms with Crippen molar-refractivity contribution in [3.63, 3.8) is 0 Å². The second-order valence-corrected chi connectivity index (χ2v) is 8.88. The molecular weight excluding hydrogens is 467 g/mol. The lowest BCUT2D eigenvalue weighted by Crippen LogP contribution is -2.28. The highest BCUT2D eigenvalue weighted by Gasteiger charge is 2.35. The Labute approximate surface area is 186 Å². The Bertz CT molecular complexity index is 1100. The summed E-state index contributed by atoms with van der Waals surface area (Å²) in [5.74, 6) is -0.242. The average molecular weight is 485 g/mol. The normalized spacial score (nSPS) is 16.0. The third kappa shape index (κ3) is 4.13. The van der Waals surface area contributed by atoms with Crippen LogP contribution in [0.15, 0.2) is 71.2 Å². The summed E-state index contributed by atoms with van der Waals surface area (Å²) < 4.78 is 14.9. The Hall–Kier alpha value is -2.64.